The third-order valence-electron chi connectivity index (χ3n) is 4.66. The van der Waals surface area contributed by atoms with E-state index in [4.69, 9.17) is 21.7 Å². The fraction of sp³-hybridized carbons (Fsp3) is 0.526. The topological polar surface area (TPSA) is 260 Å². The summed E-state index contributed by atoms with van der Waals surface area (Å²) in [5.74, 6) is -5.70. The Balaban J connectivity index is 2.99. The molecule has 4 unspecified atom stereocenters. The molecule has 0 saturated heterocycles. The maximum absolute atomic E-state index is 12.9. The standard InChI is InChI=1S/C19H29N7O8/c1-9(19(33)34)24-18(32)13(6-10-7-22-8-23-10)26-17(31)12(3-4-14(21)27)25-16(30)11(20)2-5-15(28)29/h7-9,11-13H,2-6,20H2,1H3,(H2,21,27)(H,22,23)(H,24,32)(H,25,30)(H,26,31)(H,28,29)(H,33,34). The second-order valence-electron chi connectivity index (χ2n) is 7.52. The zero-order chi connectivity index (χ0) is 25.8. The first-order chi connectivity index (χ1) is 15.9. The number of H-pyrrole nitrogens is 1. The van der Waals surface area contributed by atoms with Gasteiger partial charge in [-0.25, -0.2) is 4.98 Å². The molecule has 1 aromatic rings. The van der Waals surface area contributed by atoms with Gasteiger partial charge >= 0.3 is 11.9 Å². The van der Waals surface area contributed by atoms with E-state index >= 15 is 0 Å². The summed E-state index contributed by atoms with van der Waals surface area (Å²) in [6, 6.07) is -5.07. The number of rotatable bonds is 15. The number of amides is 4. The number of carboxylic acid groups (broad SMARTS) is 2. The van der Waals surface area contributed by atoms with Crippen LogP contribution in [-0.2, 0) is 35.2 Å². The molecule has 15 nitrogen and oxygen atoms in total. The molecule has 1 rings (SSSR count). The largest absolute Gasteiger partial charge is 0.481 e. The first kappa shape index (κ1) is 28.0. The minimum atomic E-state index is -1.33. The van der Waals surface area contributed by atoms with Gasteiger partial charge in [-0.05, 0) is 19.8 Å². The molecule has 0 spiro atoms. The highest BCUT2D eigenvalue weighted by Gasteiger charge is 2.30. The van der Waals surface area contributed by atoms with Crippen molar-refractivity contribution >= 4 is 35.6 Å². The molecule has 1 heterocycles. The van der Waals surface area contributed by atoms with Crippen LogP contribution >= 0.6 is 0 Å². The lowest BCUT2D eigenvalue weighted by atomic mass is 10.1. The monoisotopic (exact) mass is 483 g/mol. The summed E-state index contributed by atoms with van der Waals surface area (Å²) in [7, 11) is 0. The van der Waals surface area contributed by atoms with Crippen LogP contribution in [0.15, 0.2) is 12.5 Å². The zero-order valence-electron chi connectivity index (χ0n) is 18.4. The lowest BCUT2D eigenvalue weighted by Crippen LogP contribution is -2.57. The summed E-state index contributed by atoms with van der Waals surface area (Å²) in [6.07, 6.45) is 1.60. The van der Waals surface area contributed by atoms with Crippen LogP contribution in [0.25, 0.3) is 0 Å². The molecule has 0 radical (unpaired) electrons. The molecule has 0 saturated carbocycles. The van der Waals surface area contributed by atoms with Crippen LogP contribution in [0.2, 0.25) is 0 Å². The van der Waals surface area contributed by atoms with Crippen molar-refractivity contribution < 1.29 is 39.0 Å². The van der Waals surface area contributed by atoms with Crippen LogP contribution in [0, 0.1) is 0 Å². The van der Waals surface area contributed by atoms with Crippen molar-refractivity contribution in [1.29, 1.82) is 0 Å². The van der Waals surface area contributed by atoms with Crippen LogP contribution in [0.1, 0.15) is 38.3 Å². The second kappa shape index (κ2) is 13.5. The van der Waals surface area contributed by atoms with E-state index in [0.717, 1.165) is 0 Å². The Morgan fingerprint density at radius 2 is 1.59 bits per heavy atom. The van der Waals surface area contributed by atoms with E-state index in [1.54, 1.807) is 0 Å². The van der Waals surface area contributed by atoms with E-state index in [0.29, 0.717) is 5.69 Å². The number of primary amides is 1. The van der Waals surface area contributed by atoms with Gasteiger partial charge < -0.3 is 42.6 Å². The molecule has 0 aliphatic carbocycles. The number of nitrogens with one attached hydrogen (secondary N) is 4. The summed E-state index contributed by atoms with van der Waals surface area (Å²) < 4.78 is 0. The predicted molar refractivity (Wildman–Crippen MR) is 115 cm³/mol. The highest BCUT2D eigenvalue weighted by molar-refractivity contribution is 5.94. The van der Waals surface area contributed by atoms with Crippen LogP contribution in [0.4, 0.5) is 0 Å². The van der Waals surface area contributed by atoms with Crippen molar-refractivity contribution in [2.24, 2.45) is 11.5 Å². The number of aromatic nitrogens is 2. The molecule has 34 heavy (non-hydrogen) atoms. The Morgan fingerprint density at radius 3 is 2.12 bits per heavy atom. The highest BCUT2D eigenvalue weighted by Crippen LogP contribution is 2.05. The van der Waals surface area contributed by atoms with Crippen molar-refractivity contribution in [2.45, 2.75) is 63.2 Å². The molecule has 0 aliphatic heterocycles. The molecule has 1 aromatic heterocycles. The van der Waals surface area contributed by atoms with E-state index in [9.17, 15) is 28.8 Å². The van der Waals surface area contributed by atoms with Gasteiger partial charge in [0.25, 0.3) is 0 Å². The number of carboxylic acids is 2. The van der Waals surface area contributed by atoms with E-state index < -0.39 is 59.7 Å². The third-order valence-corrected chi connectivity index (χ3v) is 4.66. The van der Waals surface area contributed by atoms with Crippen LogP contribution in [0.5, 0.6) is 0 Å². The quantitative estimate of drug-likeness (QED) is 0.125. The summed E-state index contributed by atoms with van der Waals surface area (Å²) in [6.45, 7) is 1.24. The molecule has 0 aromatic carbocycles. The normalized spacial score (nSPS) is 14.2. The van der Waals surface area contributed by atoms with E-state index in [1.165, 1.54) is 19.4 Å². The summed E-state index contributed by atoms with van der Waals surface area (Å²) >= 11 is 0. The molecule has 4 atom stereocenters. The van der Waals surface area contributed by atoms with Gasteiger partial charge in [0.05, 0.1) is 12.4 Å². The van der Waals surface area contributed by atoms with Gasteiger partial charge in [0.2, 0.25) is 23.6 Å². The molecule has 4 amide bonds. The van der Waals surface area contributed by atoms with E-state index in [-0.39, 0.29) is 32.1 Å². The van der Waals surface area contributed by atoms with Crippen LogP contribution in [-0.4, -0.2) is 79.9 Å². The van der Waals surface area contributed by atoms with Crippen LogP contribution < -0.4 is 27.4 Å². The van der Waals surface area contributed by atoms with Gasteiger partial charge in [0.1, 0.15) is 18.1 Å². The Kier molecular flexibility index (Phi) is 11.1. The molecule has 0 aliphatic rings. The number of nitrogens with zero attached hydrogens (tertiary/aromatic N) is 1. The fourth-order valence-electron chi connectivity index (χ4n) is 2.72. The minimum absolute atomic E-state index is 0.0848. The number of carbonyl (C=O) groups is 6. The van der Waals surface area contributed by atoms with Crippen molar-refractivity contribution in [3.05, 3.63) is 18.2 Å². The molecular weight excluding hydrogens is 454 g/mol. The Bertz CT molecular complexity index is 889. The van der Waals surface area contributed by atoms with Crippen LogP contribution in [0.3, 0.4) is 0 Å². The molecule has 0 bridgehead atoms. The van der Waals surface area contributed by atoms with Crippen molar-refractivity contribution in [3.8, 4) is 0 Å². The number of hydrogen-bond acceptors (Lipinski definition) is 8. The summed E-state index contributed by atoms with van der Waals surface area (Å²) in [5, 5.41) is 24.8. The van der Waals surface area contributed by atoms with E-state index in [1.807, 2.05) is 0 Å². The van der Waals surface area contributed by atoms with Gasteiger partial charge in [0.15, 0.2) is 0 Å². The fourth-order valence-corrected chi connectivity index (χ4v) is 2.72. The highest BCUT2D eigenvalue weighted by atomic mass is 16.4. The molecule has 188 valence electrons. The average molecular weight is 483 g/mol. The predicted octanol–water partition coefficient (Wildman–Crippen LogP) is -3.03. The number of hydrogen-bond donors (Lipinski definition) is 8. The SMILES string of the molecule is CC(NC(=O)C(Cc1cnc[nH]1)NC(=O)C(CCC(N)=O)NC(=O)C(N)CCC(=O)O)C(=O)O. The Hall–Kier alpha value is -4.01. The van der Waals surface area contributed by atoms with Crippen molar-refractivity contribution in [3.63, 3.8) is 0 Å². The van der Waals surface area contributed by atoms with Gasteiger partial charge in [-0.15, -0.1) is 0 Å². The van der Waals surface area contributed by atoms with Gasteiger partial charge in [0, 0.05) is 31.2 Å². The maximum Gasteiger partial charge on any atom is 0.325 e. The molecule has 10 N–H and O–H groups in total. The van der Waals surface area contributed by atoms with Crippen molar-refractivity contribution in [1.82, 2.24) is 25.9 Å². The Morgan fingerprint density at radius 1 is 0.971 bits per heavy atom. The summed E-state index contributed by atoms with van der Waals surface area (Å²) in [5.41, 5.74) is 11.3. The third kappa shape index (κ3) is 10.1. The Labute approximate surface area is 194 Å². The number of carbonyl (C=O) groups excluding carboxylic acids is 4. The average Bonchev–Trinajstić information content (AvgIpc) is 3.26. The minimum Gasteiger partial charge on any atom is -0.481 e. The smallest absolute Gasteiger partial charge is 0.325 e. The first-order valence-corrected chi connectivity index (χ1v) is 10.3. The lowest BCUT2D eigenvalue weighted by Gasteiger charge is -2.24. The number of aromatic amines is 1. The van der Waals surface area contributed by atoms with E-state index in [2.05, 4.69) is 25.9 Å². The number of aliphatic carboxylic acids is 2. The van der Waals surface area contributed by atoms with Crippen molar-refractivity contribution in [2.75, 3.05) is 0 Å². The van der Waals surface area contributed by atoms with Gasteiger partial charge in [-0.3, -0.25) is 28.8 Å². The summed E-state index contributed by atoms with van der Waals surface area (Å²) in [4.78, 5) is 77.4. The molecule has 0 fully saturated rings. The lowest BCUT2D eigenvalue weighted by molar-refractivity contribution is -0.142. The molecule has 15 heteroatoms. The maximum atomic E-state index is 12.9. The first-order valence-electron chi connectivity index (χ1n) is 10.3. The van der Waals surface area contributed by atoms with Gasteiger partial charge in [-0.1, -0.05) is 0 Å². The zero-order valence-corrected chi connectivity index (χ0v) is 18.4. The van der Waals surface area contributed by atoms with Gasteiger partial charge in [-0.2, -0.15) is 0 Å². The number of imidazole rings is 1. The molecular formula is C19H29N7O8. The number of nitrogens with two attached hydrogens (primary N) is 2. The second-order valence-corrected chi connectivity index (χ2v) is 7.52.